The lowest BCUT2D eigenvalue weighted by Crippen LogP contribution is -2.18. The summed E-state index contributed by atoms with van der Waals surface area (Å²) in [5, 5.41) is 2.46. The van der Waals surface area contributed by atoms with Gasteiger partial charge in [0.1, 0.15) is 5.58 Å². The van der Waals surface area contributed by atoms with Crippen LogP contribution in [0.3, 0.4) is 0 Å². The number of unbranched alkanes of at least 4 members (excludes halogenated alkanes) is 1. The summed E-state index contributed by atoms with van der Waals surface area (Å²) >= 11 is 0. The maximum Gasteiger partial charge on any atom is 0.159 e. The second-order valence-corrected chi connectivity index (χ2v) is 10.4. The Labute approximate surface area is 185 Å². The van der Waals surface area contributed by atoms with Crippen molar-refractivity contribution in [1.29, 1.82) is 0 Å². The summed E-state index contributed by atoms with van der Waals surface area (Å²) in [6.07, 6.45) is 3.47. The monoisotopic (exact) mass is 411 g/mol. The van der Waals surface area contributed by atoms with Gasteiger partial charge < -0.3 is 9.32 Å². The van der Waals surface area contributed by atoms with E-state index in [1.54, 1.807) is 0 Å². The van der Waals surface area contributed by atoms with E-state index in [2.05, 4.69) is 100 Å². The minimum Gasteiger partial charge on any atom is -0.454 e. The first-order valence-corrected chi connectivity index (χ1v) is 11.6. The largest absolute Gasteiger partial charge is 0.454 e. The van der Waals surface area contributed by atoms with E-state index < -0.39 is 0 Å². The molecule has 0 saturated carbocycles. The average molecular weight is 412 g/mol. The molecule has 0 fully saturated rings. The third-order valence-electron chi connectivity index (χ3n) is 7.05. The number of fused-ring (bicyclic) bond motifs is 4. The van der Waals surface area contributed by atoms with Gasteiger partial charge in [0.05, 0.1) is 5.69 Å². The number of anilines is 2. The number of benzene rings is 3. The van der Waals surface area contributed by atoms with E-state index in [-0.39, 0.29) is 10.8 Å². The van der Waals surface area contributed by atoms with Crippen molar-refractivity contribution in [1.82, 2.24) is 0 Å². The summed E-state index contributed by atoms with van der Waals surface area (Å²) < 4.78 is 6.61. The van der Waals surface area contributed by atoms with Crippen LogP contribution >= 0.6 is 0 Å². The Morgan fingerprint density at radius 2 is 1.55 bits per heavy atom. The van der Waals surface area contributed by atoms with Crippen LogP contribution < -0.4 is 4.90 Å². The van der Waals surface area contributed by atoms with Crippen LogP contribution in [0.2, 0.25) is 0 Å². The maximum atomic E-state index is 6.61. The van der Waals surface area contributed by atoms with Gasteiger partial charge in [-0.05, 0) is 65.1 Å². The van der Waals surface area contributed by atoms with Gasteiger partial charge in [0, 0.05) is 23.0 Å². The number of furan rings is 1. The Morgan fingerprint density at radius 1 is 0.839 bits per heavy atom. The van der Waals surface area contributed by atoms with Crippen LogP contribution in [0.5, 0.6) is 0 Å². The number of rotatable bonds is 5. The molecule has 0 saturated heterocycles. The minimum atomic E-state index is 0.173. The van der Waals surface area contributed by atoms with Crippen molar-refractivity contribution in [3.8, 4) is 0 Å². The van der Waals surface area contributed by atoms with E-state index in [9.17, 15) is 0 Å². The molecule has 2 heteroatoms. The molecule has 0 radical (unpaired) electrons. The van der Waals surface area contributed by atoms with Crippen LogP contribution in [0.25, 0.3) is 21.9 Å². The highest BCUT2D eigenvalue weighted by molar-refractivity contribution is 6.10. The zero-order valence-corrected chi connectivity index (χ0v) is 19.5. The van der Waals surface area contributed by atoms with Gasteiger partial charge in [0.15, 0.2) is 5.58 Å². The molecule has 0 atom stereocenters. The lowest BCUT2D eigenvalue weighted by molar-refractivity contribution is 0.403. The molecule has 1 heterocycles. The second kappa shape index (κ2) is 7.15. The first-order chi connectivity index (χ1) is 14.8. The third kappa shape index (κ3) is 3.24. The summed E-state index contributed by atoms with van der Waals surface area (Å²) in [4.78, 5) is 2.41. The van der Waals surface area contributed by atoms with Gasteiger partial charge in [-0.3, -0.25) is 0 Å². The summed E-state index contributed by atoms with van der Waals surface area (Å²) in [5.41, 5.74) is 7.66. The molecule has 1 aliphatic rings. The molecule has 31 heavy (non-hydrogen) atoms. The molecule has 5 rings (SSSR count). The summed E-state index contributed by atoms with van der Waals surface area (Å²) in [5.74, 6) is 0. The van der Waals surface area contributed by atoms with Crippen molar-refractivity contribution in [2.75, 3.05) is 11.4 Å². The van der Waals surface area contributed by atoms with E-state index in [0.717, 1.165) is 36.2 Å². The Balaban J connectivity index is 1.73. The Bertz CT molecular complexity index is 1250. The standard InChI is InChI=1S/C29H33NO/c1-6-7-16-30(20-12-9-8-10-13-20)25-15-11-14-21-22-17-23-24(18-26(22)31-27(21)25)29(4,5)19-28(23,2)3/h8-15,17-18H,6-7,16,19H2,1-5H3. The van der Waals surface area contributed by atoms with E-state index in [0.29, 0.717) is 0 Å². The molecule has 3 aromatic carbocycles. The van der Waals surface area contributed by atoms with E-state index in [1.165, 1.54) is 34.0 Å². The normalized spacial score (nSPS) is 16.7. The molecule has 0 aliphatic heterocycles. The summed E-state index contributed by atoms with van der Waals surface area (Å²) in [6, 6.07) is 22.0. The van der Waals surface area contributed by atoms with Crippen molar-refractivity contribution in [3.05, 3.63) is 71.8 Å². The van der Waals surface area contributed by atoms with Gasteiger partial charge in [-0.2, -0.15) is 0 Å². The average Bonchev–Trinajstić information content (AvgIpc) is 3.19. The molecule has 0 N–H and O–H groups in total. The topological polar surface area (TPSA) is 16.4 Å². The fourth-order valence-corrected chi connectivity index (χ4v) is 5.77. The van der Waals surface area contributed by atoms with Gasteiger partial charge in [0.25, 0.3) is 0 Å². The third-order valence-corrected chi connectivity index (χ3v) is 7.05. The fraction of sp³-hybridized carbons (Fsp3) is 0.379. The summed E-state index contributed by atoms with van der Waals surface area (Å²) in [6.45, 7) is 12.7. The van der Waals surface area contributed by atoms with Gasteiger partial charge in [0.2, 0.25) is 0 Å². The molecular formula is C29H33NO. The Hall–Kier alpha value is -2.74. The van der Waals surface area contributed by atoms with Gasteiger partial charge in [-0.25, -0.2) is 0 Å². The highest BCUT2D eigenvalue weighted by atomic mass is 16.3. The van der Waals surface area contributed by atoms with Crippen molar-refractivity contribution in [2.24, 2.45) is 0 Å². The molecule has 2 nitrogen and oxygen atoms in total. The highest BCUT2D eigenvalue weighted by Gasteiger charge is 2.42. The van der Waals surface area contributed by atoms with Crippen molar-refractivity contribution >= 4 is 33.3 Å². The van der Waals surface area contributed by atoms with Crippen molar-refractivity contribution in [3.63, 3.8) is 0 Å². The van der Waals surface area contributed by atoms with Crippen LogP contribution in [-0.2, 0) is 10.8 Å². The molecule has 1 aromatic heterocycles. The second-order valence-electron chi connectivity index (χ2n) is 10.4. The van der Waals surface area contributed by atoms with E-state index in [4.69, 9.17) is 4.42 Å². The zero-order valence-electron chi connectivity index (χ0n) is 19.5. The minimum absolute atomic E-state index is 0.173. The first kappa shape index (κ1) is 20.2. The smallest absolute Gasteiger partial charge is 0.159 e. The van der Waals surface area contributed by atoms with Gasteiger partial charge >= 0.3 is 0 Å². The molecule has 1 aliphatic carbocycles. The van der Waals surface area contributed by atoms with Crippen molar-refractivity contribution in [2.45, 2.75) is 64.7 Å². The SMILES string of the molecule is CCCCN(c1ccccc1)c1cccc2c1oc1cc3c(cc12)C(C)(C)CC3(C)C. The maximum absolute atomic E-state index is 6.61. The van der Waals surface area contributed by atoms with E-state index in [1.807, 2.05) is 0 Å². The Morgan fingerprint density at radius 3 is 2.26 bits per heavy atom. The molecule has 160 valence electrons. The number of nitrogens with zero attached hydrogens (tertiary/aromatic N) is 1. The number of para-hydroxylation sites is 2. The van der Waals surface area contributed by atoms with E-state index >= 15 is 0 Å². The predicted octanol–water partition coefficient (Wildman–Crippen LogP) is 8.48. The van der Waals surface area contributed by atoms with Gasteiger partial charge in [-0.15, -0.1) is 0 Å². The Kier molecular flexibility index (Phi) is 4.66. The number of hydrogen-bond acceptors (Lipinski definition) is 2. The van der Waals surface area contributed by atoms with Crippen LogP contribution in [0.15, 0.2) is 65.1 Å². The molecule has 4 aromatic rings. The first-order valence-electron chi connectivity index (χ1n) is 11.6. The summed E-state index contributed by atoms with van der Waals surface area (Å²) in [7, 11) is 0. The van der Waals surface area contributed by atoms with Gasteiger partial charge in [-0.1, -0.05) is 71.4 Å². The van der Waals surface area contributed by atoms with Crippen LogP contribution in [0.1, 0.15) is 65.0 Å². The molecule has 0 spiro atoms. The molecule has 0 bridgehead atoms. The fourth-order valence-electron chi connectivity index (χ4n) is 5.77. The predicted molar refractivity (Wildman–Crippen MR) is 133 cm³/mol. The van der Waals surface area contributed by atoms with Crippen LogP contribution in [0.4, 0.5) is 11.4 Å². The molecule has 0 amide bonds. The lowest BCUT2D eigenvalue weighted by Gasteiger charge is -2.25. The molecular weight excluding hydrogens is 378 g/mol. The molecule has 0 unspecified atom stereocenters. The van der Waals surface area contributed by atoms with Crippen LogP contribution in [0, 0.1) is 0 Å². The quantitative estimate of drug-likeness (QED) is 0.327. The lowest BCUT2D eigenvalue weighted by atomic mass is 9.82. The highest BCUT2D eigenvalue weighted by Crippen LogP contribution is 2.51. The number of hydrogen-bond donors (Lipinski definition) is 0. The van der Waals surface area contributed by atoms with Crippen molar-refractivity contribution < 1.29 is 4.42 Å². The van der Waals surface area contributed by atoms with Crippen LogP contribution in [-0.4, -0.2) is 6.54 Å². The zero-order chi connectivity index (χ0) is 21.8.